The van der Waals surface area contributed by atoms with Crippen molar-refractivity contribution >= 4 is 18.7 Å². The molecule has 0 unspecified atom stereocenters. The van der Waals surface area contributed by atoms with Crippen molar-refractivity contribution in [2.45, 2.75) is 70.6 Å². The van der Waals surface area contributed by atoms with Crippen molar-refractivity contribution in [1.82, 2.24) is 0 Å². The van der Waals surface area contributed by atoms with Crippen LogP contribution >= 0.6 is 0 Å². The Hall–Kier alpha value is -1.68. The summed E-state index contributed by atoms with van der Waals surface area (Å²) < 4.78 is 7.09. The van der Waals surface area contributed by atoms with Crippen LogP contribution in [0.15, 0.2) is 73.3 Å². The first-order valence-corrected chi connectivity index (χ1v) is 12.4. The van der Waals surface area contributed by atoms with E-state index in [0.717, 1.165) is 25.7 Å². The Balaban J connectivity index is 2.37. The Labute approximate surface area is 173 Å². The van der Waals surface area contributed by atoms with Crippen molar-refractivity contribution in [3.63, 3.8) is 0 Å². The lowest BCUT2D eigenvalue weighted by Crippen LogP contribution is -2.67. The fraction of sp³-hybridized carbons (Fsp3) is 0.440. The third-order valence-electron chi connectivity index (χ3n) is 5.41. The Bertz CT molecular complexity index is 669. The molecule has 0 amide bonds. The summed E-state index contributed by atoms with van der Waals surface area (Å²) in [6.45, 7) is 12.9. The van der Waals surface area contributed by atoms with E-state index in [-0.39, 0.29) is 17.2 Å². The number of hydrogen-bond donors (Lipinski definition) is 1. The smallest absolute Gasteiger partial charge is 0.261 e. The molecule has 0 aliphatic heterocycles. The lowest BCUT2D eigenvalue weighted by molar-refractivity contribution is 0.184. The monoisotopic (exact) mass is 395 g/mol. The van der Waals surface area contributed by atoms with Crippen molar-refractivity contribution in [1.29, 1.82) is 0 Å². The highest BCUT2D eigenvalue weighted by molar-refractivity contribution is 6.99. The molecule has 0 saturated carbocycles. The molecule has 0 aromatic heterocycles. The van der Waals surface area contributed by atoms with E-state index in [1.54, 1.807) is 0 Å². The molecule has 0 spiro atoms. The predicted molar refractivity (Wildman–Crippen MR) is 125 cm³/mol. The summed E-state index contributed by atoms with van der Waals surface area (Å²) in [6.07, 6.45) is 6.08. The van der Waals surface area contributed by atoms with Gasteiger partial charge in [-0.15, -0.1) is 6.58 Å². The molecule has 0 radical (unpaired) electrons. The molecular formula is C25H37NOSi. The summed E-state index contributed by atoms with van der Waals surface area (Å²) in [5, 5.41) is 2.64. The highest BCUT2D eigenvalue weighted by Crippen LogP contribution is 2.37. The third kappa shape index (κ3) is 5.44. The predicted octanol–water partition coefficient (Wildman–Crippen LogP) is 5.03. The second-order valence-corrected chi connectivity index (χ2v) is 13.1. The molecule has 0 aliphatic rings. The van der Waals surface area contributed by atoms with Crippen molar-refractivity contribution in [3.05, 3.63) is 73.3 Å². The summed E-state index contributed by atoms with van der Waals surface area (Å²) in [7, 11) is -2.49. The summed E-state index contributed by atoms with van der Waals surface area (Å²) in [4.78, 5) is 0. The Morgan fingerprint density at radius 2 is 1.50 bits per heavy atom. The van der Waals surface area contributed by atoms with Crippen LogP contribution in [-0.4, -0.2) is 20.5 Å². The van der Waals surface area contributed by atoms with E-state index in [1.807, 2.05) is 6.08 Å². The lowest BCUT2D eigenvalue weighted by Gasteiger charge is -2.45. The van der Waals surface area contributed by atoms with Crippen LogP contribution in [0.3, 0.4) is 0 Å². The molecule has 0 heterocycles. The summed E-state index contributed by atoms with van der Waals surface area (Å²) in [5.74, 6) is 0. The average molecular weight is 396 g/mol. The van der Waals surface area contributed by atoms with Crippen molar-refractivity contribution in [2.75, 3.05) is 0 Å². The van der Waals surface area contributed by atoms with Gasteiger partial charge in [0, 0.05) is 12.1 Å². The molecular weight excluding hydrogens is 358 g/mol. The molecule has 0 saturated heterocycles. The molecule has 152 valence electrons. The van der Waals surface area contributed by atoms with E-state index in [0.29, 0.717) is 0 Å². The van der Waals surface area contributed by atoms with Gasteiger partial charge >= 0.3 is 0 Å². The van der Waals surface area contributed by atoms with E-state index in [9.17, 15) is 0 Å². The quantitative estimate of drug-likeness (QED) is 0.348. The Morgan fingerprint density at radius 1 is 1.00 bits per heavy atom. The van der Waals surface area contributed by atoms with Gasteiger partial charge < -0.3 is 10.2 Å². The van der Waals surface area contributed by atoms with Gasteiger partial charge in [-0.1, -0.05) is 87.5 Å². The van der Waals surface area contributed by atoms with E-state index in [1.165, 1.54) is 10.4 Å². The maximum absolute atomic E-state index is 7.09. The Morgan fingerprint density at radius 3 is 1.93 bits per heavy atom. The minimum absolute atomic E-state index is 0.00307. The zero-order valence-corrected chi connectivity index (χ0v) is 19.0. The molecule has 2 N–H and O–H groups in total. The maximum Gasteiger partial charge on any atom is 0.261 e. The first-order chi connectivity index (χ1) is 13.3. The number of allylic oxidation sites excluding steroid dienone is 1. The molecule has 0 bridgehead atoms. The standard InChI is InChI=1S/C25H37NOSi/c1-6-7-10-15-22(26)20-21(2)27-28(25(3,4)5,23-16-11-8-12-17-23)24-18-13-9-14-19-24/h6,8-9,11-14,16-19,21-22H,1,7,10,15,20,26H2,2-5H3/t21-,22-/m0/s1. The number of hydrogen-bond acceptors (Lipinski definition) is 2. The number of rotatable bonds is 10. The molecule has 2 rings (SSSR count). The molecule has 28 heavy (non-hydrogen) atoms. The van der Waals surface area contributed by atoms with E-state index < -0.39 is 8.32 Å². The van der Waals surface area contributed by atoms with E-state index in [4.69, 9.17) is 10.2 Å². The fourth-order valence-electron chi connectivity index (χ4n) is 4.11. The van der Waals surface area contributed by atoms with Crippen LogP contribution in [-0.2, 0) is 4.43 Å². The first kappa shape index (κ1) is 22.6. The number of unbranched alkanes of at least 4 members (excludes halogenated alkanes) is 1. The van der Waals surface area contributed by atoms with Gasteiger partial charge in [-0.05, 0) is 48.0 Å². The van der Waals surface area contributed by atoms with Crippen LogP contribution in [0.4, 0.5) is 0 Å². The van der Waals surface area contributed by atoms with E-state index >= 15 is 0 Å². The first-order valence-electron chi connectivity index (χ1n) is 10.5. The van der Waals surface area contributed by atoms with Crippen molar-refractivity contribution in [2.24, 2.45) is 5.73 Å². The average Bonchev–Trinajstić information content (AvgIpc) is 2.66. The van der Waals surface area contributed by atoms with Crippen LogP contribution in [0.2, 0.25) is 5.04 Å². The minimum Gasteiger partial charge on any atom is -0.405 e. The van der Waals surface area contributed by atoms with Crippen LogP contribution in [0.25, 0.3) is 0 Å². The van der Waals surface area contributed by atoms with Gasteiger partial charge in [-0.3, -0.25) is 0 Å². The summed E-state index contributed by atoms with van der Waals surface area (Å²) in [6, 6.07) is 21.8. The molecule has 2 aromatic rings. The topological polar surface area (TPSA) is 35.2 Å². The zero-order valence-electron chi connectivity index (χ0n) is 18.0. The van der Waals surface area contributed by atoms with Crippen LogP contribution in [0.5, 0.6) is 0 Å². The lowest BCUT2D eigenvalue weighted by atomic mass is 10.0. The van der Waals surface area contributed by atoms with Gasteiger partial charge in [0.1, 0.15) is 0 Å². The summed E-state index contributed by atoms with van der Waals surface area (Å²) >= 11 is 0. The molecule has 2 aromatic carbocycles. The highest BCUT2D eigenvalue weighted by Gasteiger charge is 2.50. The van der Waals surface area contributed by atoms with Gasteiger partial charge in [0.25, 0.3) is 8.32 Å². The van der Waals surface area contributed by atoms with Gasteiger partial charge in [0.15, 0.2) is 0 Å². The number of benzene rings is 2. The van der Waals surface area contributed by atoms with E-state index in [2.05, 4.69) is 94.9 Å². The van der Waals surface area contributed by atoms with Gasteiger partial charge in [0.2, 0.25) is 0 Å². The van der Waals surface area contributed by atoms with Crippen molar-refractivity contribution in [3.8, 4) is 0 Å². The van der Waals surface area contributed by atoms with Gasteiger partial charge in [-0.25, -0.2) is 0 Å². The normalized spacial score (nSPS) is 14.5. The molecule has 0 fully saturated rings. The maximum atomic E-state index is 7.09. The molecule has 2 atom stereocenters. The van der Waals surface area contributed by atoms with Gasteiger partial charge in [-0.2, -0.15) is 0 Å². The van der Waals surface area contributed by atoms with Crippen LogP contribution in [0.1, 0.15) is 53.4 Å². The van der Waals surface area contributed by atoms with Crippen LogP contribution < -0.4 is 16.1 Å². The highest BCUT2D eigenvalue weighted by atomic mass is 28.4. The van der Waals surface area contributed by atoms with Crippen molar-refractivity contribution < 1.29 is 4.43 Å². The molecule has 3 heteroatoms. The second kappa shape index (κ2) is 10.2. The van der Waals surface area contributed by atoms with Gasteiger partial charge in [0.05, 0.1) is 0 Å². The zero-order chi connectivity index (χ0) is 20.6. The fourth-order valence-corrected chi connectivity index (χ4v) is 8.82. The van der Waals surface area contributed by atoms with Crippen LogP contribution in [0, 0.1) is 0 Å². The largest absolute Gasteiger partial charge is 0.405 e. The second-order valence-electron chi connectivity index (χ2n) is 8.81. The summed E-state index contributed by atoms with van der Waals surface area (Å²) in [5.41, 5.74) is 6.42. The SMILES string of the molecule is C=CCCC[C@H](N)C[C@H](C)O[Si](c1ccccc1)(c1ccccc1)C(C)(C)C. The minimum atomic E-state index is -2.49. The molecule has 0 aliphatic carbocycles. The third-order valence-corrected chi connectivity index (χ3v) is 10.6. The number of nitrogens with two attached hydrogens (primary N) is 1. The molecule has 2 nitrogen and oxygen atoms in total. The Kier molecular flexibility index (Phi) is 8.23.